The van der Waals surface area contributed by atoms with Crippen LogP contribution in [0.4, 0.5) is 4.79 Å². The highest BCUT2D eigenvalue weighted by Crippen LogP contribution is 2.00. The third-order valence-corrected chi connectivity index (χ3v) is 2.75. The van der Waals surface area contributed by atoms with Crippen molar-refractivity contribution in [2.75, 3.05) is 25.1 Å². The maximum Gasteiger partial charge on any atom is 0.322 e. The van der Waals surface area contributed by atoms with E-state index < -0.39 is 36.4 Å². The van der Waals surface area contributed by atoms with Gasteiger partial charge in [-0.2, -0.15) is 11.8 Å². The molecule has 114 valence electrons. The summed E-state index contributed by atoms with van der Waals surface area (Å²) in [4.78, 5) is 43.9. The zero-order valence-electron chi connectivity index (χ0n) is 11.0. The second-order valence-electron chi connectivity index (χ2n) is 3.73. The summed E-state index contributed by atoms with van der Waals surface area (Å²) in [6.45, 7) is -0.896. The number of nitrogens with two attached hydrogens (primary N) is 1. The smallest absolute Gasteiger partial charge is 0.322 e. The van der Waals surface area contributed by atoms with Gasteiger partial charge >= 0.3 is 12.0 Å². The quantitative estimate of drug-likeness (QED) is 0.335. The van der Waals surface area contributed by atoms with Crippen LogP contribution in [0.15, 0.2) is 0 Å². The number of rotatable bonds is 9. The summed E-state index contributed by atoms with van der Waals surface area (Å²) in [6, 6.07) is -1.66. The third kappa shape index (κ3) is 9.03. The van der Waals surface area contributed by atoms with Gasteiger partial charge in [-0.25, -0.2) is 4.79 Å². The normalized spacial score (nSPS) is 11.2. The highest BCUT2D eigenvalue weighted by Gasteiger charge is 2.19. The van der Waals surface area contributed by atoms with Crippen molar-refractivity contribution < 1.29 is 24.3 Å². The molecule has 4 amide bonds. The van der Waals surface area contributed by atoms with Gasteiger partial charge in [0.25, 0.3) is 0 Å². The van der Waals surface area contributed by atoms with Crippen molar-refractivity contribution in [2.45, 2.75) is 12.5 Å². The maximum absolute atomic E-state index is 11.7. The lowest BCUT2D eigenvalue weighted by Crippen LogP contribution is -2.50. The SMILES string of the molecule is CSCCC(NC(N)=O)C(=O)NCC(=O)NCC(=O)O. The molecule has 0 saturated heterocycles. The first-order valence-corrected chi connectivity index (χ1v) is 7.07. The molecule has 0 rings (SSSR count). The molecule has 0 aromatic heterocycles. The Labute approximate surface area is 120 Å². The molecule has 1 unspecified atom stereocenters. The summed E-state index contributed by atoms with van der Waals surface area (Å²) < 4.78 is 0. The molecule has 0 bridgehead atoms. The molecule has 0 aromatic carbocycles. The van der Waals surface area contributed by atoms with Crippen LogP contribution in [0.2, 0.25) is 0 Å². The predicted molar refractivity (Wildman–Crippen MR) is 73.2 cm³/mol. The Hall–Kier alpha value is -1.97. The molecule has 0 fully saturated rings. The lowest BCUT2D eigenvalue weighted by Gasteiger charge is -2.16. The van der Waals surface area contributed by atoms with Gasteiger partial charge in [0.05, 0.1) is 6.54 Å². The van der Waals surface area contributed by atoms with Crippen molar-refractivity contribution >= 4 is 35.6 Å². The Kier molecular flexibility index (Phi) is 8.92. The summed E-state index contributed by atoms with van der Waals surface area (Å²) in [5.41, 5.74) is 4.96. The standard InChI is InChI=1S/C10H18N4O5S/c1-20-3-2-6(14-10(11)19)9(18)13-4-7(15)12-5-8(16)17/h6H,2-5H2,1H3,(H,12,15)(H,13,18)(H,16,17)(H3,11,14,19). The fourth-order valence-electron chi connectivity index (χ4n) is 1.20. The molecule has 0 heterocycles. The van der Waals surface area contributed by atoms with Crippen molar-refractivity contribution in [2.24, 2.45) is 5.73 Å². The van der Waals surface area contributed by atoms with Gasteiger partial charge in [0, 0.05) is 0 Å². The van der Waals surface area contributed by atoms with Crippen LogP contribution in [0.1, 0.15) is 6.42 Å². The second-order valence-corrected chi connectivity index (χ2v) is 4.72. The number of carbonyl (C=O) groups is 4. The van der Waals surface area contributed by atoms with E-state index in [1.807, 2.05) is 6.26 Å². The monoisotopic (exact) mass is 306 g/mol. The number of urea groups is 1. The van der Waals surface area contributed by atoms with Gasteiger partial charge in [-0.1, -0.05) is 0 Å². The number of nitrogens with one attached hydrogen (secondary N) is 3. The van der Waals surface area contributed by atoms with Crippen LogP contribution in [0.3, 0.4) is 0 Å². The van der Waals surface area contributed by atoms with E-state index in [9.17, 15) is 19.2 Å². The van der Waals surface area contributed by atoms with Crippen LogP contribution >= 0.6 is 11.8 Å². The summed E-state index contributed by atoms with van der Waals surface area (Å²) in [6.07, 6.45) is 2.21. The highest BCUT2D eigenvalue weighted by molar-refractivity contribution is 7.98. The lowest BCUT2D eigenvalue weighted by atomic mass is 10.2. The van der Waals surface area contributed by atoms with E-state index in [4.69, 9.17) is 10.8 Å². The number of hydrogen-bond donors (Lipinski definition) is 5. The fourth-order valence-corrected chi connectivity index (χ4v) is 1.67. The van der Waals surface area contributed by atoms with Gasteiger partial charge < -0.3 is 26.8 Å². The summed E-state index contributed by atoms with van der Waals surface area (Å²) in [5.74, 6) is -1.74. The number of amides is 4. The molecule has 0 aliphatic rings. The molecule has 9 nitrogen and oxygen atoms in total. The highest BCUT2D eigenvalue weighted by atomic mass is 32.2. The minimum Gasteiger partial charge on any atom is -0.480 e. The van der Waals surface area contributed by atoms with Crippen LogP contribution in [0.25, 0.3) is 0 Å². The number of carboxylic acids is 1. The van der Waals surface area contributed by atoms with Gasteiger partial charge in [-0.3, -0.25) is 14.4 Å². The van der Waals surface area contributed by atoms with E-state index in [0.717, 1.165) is 0 Å². The molecule has 1 atom stereocenters. The maximum atomic E-state index is 11.7. The number of thioether (sulfide) groups is 1. The van der Waals surface area contributed by atoms with Crippen LogP contribution in [0, 0.1) is 0 Å². The number of aliphatic carboxylic acids is 1. The molecule has 0 aliphatic carbocycles. The van der Waals surface area contributed by atoms with Gasteiger partial charge in [-0.15, -0.1) is 0 Å². The molecule has 10 heteroatoms. The fraction of sp³-hybridized carbons (Fsp3) is 0.600. The molecule has 0 radical (unpaired) electrons. The first kappa shape index (κ1) is 18.0. The average molecular weight is 306 g/mol. The summed E-state index contributed by atoms with van der Waals surface area (Å²) >= 11 is 1.49. The van der Waals surface area contributed by atoms with Crippen LogP contribution in [-0.2, 0) is 14.4 Å². The van der Waals surface area contributed by atoms with Crippen molar-refractivity contribution in [1.29, 1.82) is 0 Å². The number of carbonyl (C=O) groups excluding carboxylic acids is 3. The van der Waals surface area contributed by atoms with Crippen molar-refractivity contribution in [1.82, 2.24) is 16.0 Å². The zero-order chi connectivity index (χ0) is 15.5. The molecular weight excluding hydrogens is 288 g/mol. The first-order chi connectivity index (χ1) is 9.36. The Bertz CT molecular complexity index is 377. The van der Waals surface area contributed by atoms with Crippen LogP contribution in [0.5, 0.6) is 0 Å². The van der Waals surface area contributed by atoms with Crippen molar-refractivity contribution in [3.8, 4) is 0 Å². The van der Waals surface area contributed by atoms with Crippen molar-refractivity contribution in [3.63, 3.8) is 0 Å². The Morgan fingerprint density at radius 3 is 2.35 bits per heavy atom. The first-order valence-electron chi connectivity index (χ1n) is 5.68. The van der Waals surface area contributed by atoms with E-state index >= 15 is 0 Å². The molecule has 0 saturated carbocycles. The summed E-state index contributed by atoms with van der Waals surface area (Å²) in [7, 11) is 0. The van der Waals surface area contributed by atoms with Crippen LogP contribution < -0.4 is 21.7 Å². The van der Waals surface area contributed by atoms with Gasteiger partial charge in [0.2, 0.25) is 11.8 Å². The summed E-state index contributed by atoms with van der Waals surface area (Å²) in [5, 5.41) is 15.0. The van der Waals surface area contributed by atoms with E-state index in [2.05, 4.69) is 16.0 Å². The topological polar surface area (TPSA) is 151 Å². The van der Waals surface area contributed by atoms with Crippen LogP contribution in [-0.4, -0.2) is 60.1 Å². The molecular formula is C10H18N4O5S. The molecule has 6 N–H and O–H groups in total. The number of hydrogen-bond acceptors (Lipinski definition) is 5. The minimum atomic E-state index is -1.18. The van der Waals surface area contributed by atoms with E-state index in [1.165, 1.54) is 11.8 Å². The van der Waals surface area contributed by atoms with E-state index in [0.29, 0.717) is 12.2 Å². The Morgan fingerprint density at radius 2 is 1.85 bits per heavy atom. The third-order valence-electron chi connectivity index (χ3n) is 2.10. The van der Waals surface area contributed by atoms with E-state index in [1.54, 1.807) is 0 Å². The molecule has 20 heavy (non-hydrogen) atoms. The Balaban J connectivity index is 4.20. The van der Waals surface area contributed by atoms with E-state index in [-0.39, 0.29) is 6.54 Å². The second kappa shape index (κ2) is 9.89. The van der Waals surface area contributed by atoms with Gasteiger partial charge in [0.1, 0.15) is 12.6 Å². The Morgan fingerprint density at radius 1 is 1.20 bits per heavy atom. The van der Waals surface area contributed by atoms with Gasteiger partial charge in [-0.05, 0) is 18.4 Å². The lowest BCUT2D eigenvalue weighted by molar-refractivity contribution is -0.137. The molecule has 0 aromatic rings. The van der Waals surface area contributed by atoms with Crippen molar-refractivity contribution in [3.05, 3.63) is 0 Å². The number of primary amides is 1. The predicted octanol–water partition coefficient (Wildman–Crippen LogP) is -1.91. The minimum absolute atomic E-state index is 0.368. The number of carboxylic acid groups (broad SMARTS) is 1. The van der Waals surface area contributed by atoms with Gasteiger partial charge in [0.15, 0.2) is 0 Å². The average Bonchev–Trinajstić information content (AvgIpc) is 2.37. The molecule has 0 spiro atoms. The zero-order valence-corrected chi connectivity index (χ0v) is 11.8. The largest absolute Gasteiger partial charge is 0.480 e. The molecule has 0 aliphatic heterocycles.